The summed E-state index contributed by atoms with van der Waals surface area (Å²) in [6.07, 6.45) is 8.76. The molecule has 3 rings (SSSR count). The van der Waals surface area contributed by atoms with E-state index in [1.807, 2.05) is 4.68 Å². The number of hydrogen-bond acceptors (Lipinski definition) is 4. The fourth-order valence-corrected chi connectivity index (χ4v) is 3.99. The van der Waals surface area contributed by atoms with Crippen molar-refractivity contribution >= 4 is 12.2 Å². The van der Waals surface area contributed by atoms with Crippen LogP contribution in [0, 0.1) is 10.7 Å². The zero-order valence-corrected chi connectivity index (χ0v) is 15.3. The lowest BCUT2D eigenvalue weighted by atomic mass is 9.95. The summed E-state index contributed by atoms with van der Waals surface area (Å²) in [6, 6.07) is 1.12. The molecule has 1 aliphatic heterocycles. The maximum Gasteiger partial charge on any atom is 0.199 e. The van der Waals surface area contributed by atoms with Gasteiger partial charge in [0, 0.05) is 18.6 Å². The van der Waals surface area contributed by atoms with Crippen molar-refractivity contribution in [1.82, 2.24) is 19.2 Å². The Morgan fingerprint density at radius 1 is 1.26 bits per heavy atom. The van der Waals surface area contributed by atoms with Crippen molar-refractivity contribution < 1.29 is 5.11 Å². The van der Waals surface area contributed by atoms with Gasteiger partial charge in [0.15, 0.2) is 10.6 Å². The summed E-state index contributed by atoms with van der Waals surface area (Å²) in [5, 5.41) is 14.2. The quantitative estimate of drug-likeness (QED) is 0.773. The summed E-state index contributed by atoms with van der Waals surface area (Å²) in [7, 11) is 0. The van der Waals surface area contributed by atoms with Gasteiger partial charge in [-0.05, 0) is 56.7 Å². The van der Waals surface area contributed by atoms with Crippen LogP contribution in [0.2, 0.25) is 0 Å². The second-order valence-corrected chi connectivity index (χ2v) is 7.90. The van der Waals surface area contributed by atoms with E-state index in [2.05, 4.69) is 28.4 Å². The highest BCUT2D eigenvalue weighted by molar-refractivity contribution is 7.71. The second kappa shape index (κ2) is 7.45. The van der Waals surface area contributed by atoms with Gasteiger partial charge in [-0.15, -0.1) is 0 Å². The average molecular weight is 339 g/mol. The first-order valence-corrected chi connectivity index (χ1v) is 9.54. The predicted molar refractivity (Wildman–Crippen MR) is 93.7 cm³/mol. The number of piperidine rings is 1. The number of rotatable bonds is 7. The molecule has 1 saturated carbocycles. The number of nitrogens with zero attached hydrogens (tertiary/aromatic N) is 4. The Balaban J connectivity index is 1.73. The maximum absolute atomic E-state index is 9.58. The average Bonchev–Trinajstić information content (AvgIpc) is 3.32. The smallest absolute Gasteiger partial charge is 0.199 e. The molecule has 0 bridgehead atoms. The van der Waals surface area contributed by atoms with E-state index in [0.717, 1.165) is 42.6 Å². The van der Waals surface area contributed by atoms with Gasteiger partial charge in [-0.1, -0.05) is 20.3 Å². The van der Waals surface area contributed by atoms with Gasteiger partial charge < -0.3 is 5.11 Å². The lowest BCUT2D eigenvalue weighted by Crippen LogP contribution is -2.41. The van der Waals surface area contributed by atoms with Crippen LogP contribution in [0.1, 0.15) is 70.7 Å². The van der Waals surface area contributed by atoms with Gasteiger partial charge in [0.25, 0.3) is 0 Å². The summed E-state index contributed by atoms with van der Waals surface area (Å²) in [5.41, 5.74) is 0. The molecule has 1 aromatic rings. The maximum atomic E-state index is 9.58. The topological polar surface area (TPSA) is 46.2 Å². The Hall–Kier alpha value is -0.720. The van der Waals surface area contributed by atoms with Crippen molar-refractivity contribution in [1.29, 1.82) is 0 Å². The summed E-state index contributed by atoms with van der Waals surface area (Å²) in [6.45, 7) is 6.48. The van der Waals surface area contributed by atoms with Crippen molar-refractivity contribution in [3.05, 3.63) is 10.6 Å². The van der Waals surface area contributed by atoms with Gasteiger partial charge in [-0.3, -0.25) is 9.47 Å². The molecule has 23 heavy (non-hydrogen) atoms. The summed E-state index contributed by atoms with van der Waals surface area (Å²) in [5.74, 6) is 1.49. The van der Waals surface area contributed by atoms with E-state index >= 15 is 0 Å². The normalized spacial score (nSPS) is 22.9. The Morgan fingerprint density at radius 2 is 2.04 bits per heavy atom. The molecule has 0 amide bonds. The van der Waals surface area contributed by atoms with Gasteiger partial charge >= 0.3 is 0 Å². The summed E-state index contributed by atoms with van der Waals surface area (Å²) < 4.78 is 4.79. The zero-order chi connectivity index (χ0) is 16.4. The van der Waals surface area contributed by atoms with Crippen LogP contribution in [0.25, 0.3) is 0 Å². The van der Waals surface area contributed by atoms with Gasteiger partial charge in [0.05, 0.1) is 6.67 Å². The molecule has 0 spiro atoms. The second-order valence-electron chi connectivity index (χ2n) is 7.53. The van der Waals surface area contributed by atoms with Crippen LogP contribution in [0.4, 0.5) is 0 Å². The van der Waals surface area contributed by atoms with Crippen LogP contribution in [0.3, 0.4) is 0 Å². The van der Waals surface area contributed by atoms with Gasteiger partial charge in [-0.25, -0.2) is 4.68 Å². The monoisotopic (exact) mass is 338 g/mol. The summed E-state index contributed by atoms with van der Waals surface area (Å²) in [4.78, 5) is 2.55. The minimum atomic E-state index is -0.0239. The first kappa shape index (κ1) is 17.1. The first-order valence-electron chi connectivity index (χ1n) is 9.13. The highest BCUT2D eigenvalue weighted by atomic mass is 32.1. The Kier molecular flexibility index (Phi) is 5.54. The van der Waals surface area contributed by atoms with E-state index in [9.17, 15) is 5.11 Å². The van der Waals surface area contributed by atoms with Crippen LogP contribution in [-0.2, 0) is 13.3 Å². The molecule has 130 valence electrons. The molecule has 1 aliphatic carbocycles. The molecule has 2 heterocycles. The number of aromatic nitrogens is 3. The molecule has 1 unspecified atom stereocenters. The van der Waals surface area contributed by atoms with E-state index in [1.54, 1.807) is 0 Å². The molecule has 1 saturated heterocycles. The number of aliphatic hydroxyl groups excluding tert-OH is 1. The molecule has 0 radical (unpaired) electrons. The first-order chi connectivity index (χ1) is 11.1. The highest BCUT2D eigenvalue weighted by Gasteiger charge is 2.29. The molecule has 2 aliphatic rings. The van der Waals surface area contributed by atoms with Crippen LogP contribution in [0.15, 0.2) is 0 Å². The minimum Gasteiger partial charge on any atom is -0.388 e. The lowest BCUT2D eigenvalue weighted by molar-refractivity contribution is 0.0929. The molecule has 0 aromatic carbocycles. The van der Waals surface area contributed by atoms with Gasteiger partial charge in [0.1, 0.15) is 6.61 Å². The predicted octanol–water partition coefficient (Wildman–Crippen LogP) is 3.49. The van der Waals surface area contributed by atoms with E-state index in [1.165, 1.54) is 32.1 Å². The lowest BCUT2D eigenvalue weighted by Gasteiger charge is -2.35. The van der Waals surface area contributed by atoms with Gasteiger partial charge in [0.2, 0.25) is 0 Å². The van der Waals surface area contributed by atoms with E-state index < -0.39 is 0 Å². The minimum absolute atomic E-state index is 0.0239. The standard InChI is InChI=1S/C17H30N4OS/c1-13(2)6-7-14-5-3-4-10-19(14)12-20-17(23)21(15-8-9-15)16(11-22)18-20/h13-15,22H,3-12H2,1-2H3. The zero-order valence-electron chi connectivity index (χ0n) is 14.4. The molecule has 2 fully saturated rings. The van der Waals surface area contributed by atoms with Crippen LogP contribution < -0.4 is 0 Å². The Morgan fingerprint density at radius 3 is 2.70 bits per heavy atom. The van der Waals surface area contributed by atoms with Crippen molar-refractivity contribution in [2.75, 3.05) is 6.54 Å². The van der Waals surface area contributed by atoms with Gasteiger partial charge in [-0.2, -0.15) is 5.10 Å². The van der Waals surface area contributed by atoms with Crippen molar-refractivity contribution in [3.63, 3.8) is 0 Å². The molecule has 1 aromatic heterocycles. The van der Waals surface area contributed by atoms with Crippen molar-refractivity contribution in [2.45, 2.75) is 84.2 Å². The van der Waals surface area contributed by atoms with E-state index in [-0.39, 0.29) is 6.61 Å². The number of likely N-dealkylation sites (tertiary alicyclic amines) is 1. The molecular weight excluding hydrogens is 308 g/mol. The Bertz CT molecular complexity index is 576. The highest BCUT2D eigenvalue weighted by Crippen LogP contribution is 2.36. The third-order valence-electron chi connectivity index (χ3n) is 5.14. The summed E-state index contributed by atoms with van der Waals surface area (Å²) >= 11 is 5.63. The fraction of sp³-hybridized carbons (Fsp3) is 0.882. The van der Waals surface area contributed by atoms with Crippen molar-refractivity contribution in [3.8, 4) is 0 Å². The van der Waals surface area contributed by atoms with Crippen molar-refractivity contribution in [2.24, 2.45) is 5.92 Å². The molecule has 6 heteroatoms. The molecule has 1 N–H and O–H groups in total. The third kappa shape index (κ3) is 4.03. The fourth-order valence-electron chi connectivity index (χ4n) is 3.64. The largest absolute Gasteiger partial charge is 0.388 e. The van der Waals surface area contributed by atoms with E-state index in [0.29, 0.717) is 12.1 Å². The molecule has 1 atom stereocenters. The van der Waals surface area contributed by atoms with Crippen LogP contribution in [0.5, 0.6) is 0 Å². The van der Waals surface area contributed by atoms with Crippen LogP contribution >= 0.6 is 12.2 Å². The molecular formula is C17H30N4OS. The molecule has 5 nitrogen and oxygen atoms in total. The van der Waals surface area contributed by atoms with Crippen LogP contribution in [-0.4, -0.2) is 36.9 Å². The van der Waals surface area contributed by atoms with E-state index in [4.69, 9.17) is 12.2 Å². The SMILES string of the molecule is CC(C)CCC1CCCCN1Cn1nc(CO)n(C2CC2)c1=S. The third-order valence-corrected chi connectivity index (χ3v) is 5.54. The number of hydrogen-bond donors (Lipinski definition) is 1. The Labute approximate surface area is 144 Å². The number of aliphatic hydroxyl groups is 1.